The second-order valence-electron chi connectivity index (χ2n) is 23.9. The number of ether oxygens (including phenoxy) is 9. The highest BCUT2D eigenvalue weighted by molar-refractivity contribution is 5.97. The summed E-state index contributed by atoms with van der Waals surface area (Å²) in [6, 6.07) is -0.0145. The van der Waals surface area contributed by atoms with Gasteiger partial charge in [-0.15, -0.1) is 0 Å². The number of hydrogen-bond acceptors (Lipinski definition) is 20. The maximum absolute atomic E-state index is 15.6. The number of aliphatic hydroxyl groups is 4. The number of hydrogen-bond donors (Lipinski definition) is 6. The number of carboxylic acids is 1. The lowest BCUT2D eigenvalue weighted by Crippen LogP contribution is -2.61. The maximum atomic E-state index is 15.6. The lowest BCUT2D eigenvalue weighted by atomic mass is 9.77. The van der Waals surface area contributed by atoms with Gasteiger partial charge in [0.15, 0.2) is 30.3 Å². The summed E-state index contributed by atoms with van der Waals surface area (Å²) in [5.41, 5.74) is -5.82. The van der Waals surface area contributed by atoms with E-state index in [0.29, 0.717) is 13.0 Å². The first-order valence-electron chi connectivity index (χ1n) is 28.2. The van der Waals surface area contributed by atoms with E-state index in [1.807, 2.05) is 44.8 Å². The summed E-state index contributed by atoms with van der Waals surface area (Å²) in [6.07, 6.45) is -6.96. The molecule has 1 aromatic heterocycles. The molecule has 454 valence electrons. The third kappa shape index (κ3) is 14.4. The van der Waals surface area contributed by atoms with Crippen LogP contribution in [-0.2, 0) is 47.5 Å². The predicted molar refractivity (Wildman–Crippen MR) is 292 cm³/mol. The number of aromatic carboxylic acids is 1. The third-order valence-electron chi connectivity index (χ3n) is 17.0. The number of halogens is 1. The van der Waals surface area contributed by atoms with Crippen molar-refractivity contribution < 1.29 is 86.9 Å². The van der Waals surface area contributed by atoms with Gasteiger partial charge in [-0.1, -0.05) is 20.8 Å². The normalized spacial score (nSPS) is 37.2. The highest BCUT2D eigenvalue weighted by Crippen LogP contribution is 2.44. The third-order valence-corrected chi connectivity index (χ3v) is 17.0. The molecule has 0 unspecified atom stereocenters. The largest absolute Gasteiger partial charge is 0.492 e. The van der Waals surface area contributed by atoms with Crippen molar-refractivity contribution >= 4 is 34.5 Å². The number of cyclic esters (lactones) is 1. The Morgan fingerprint density at radius 2 is 1.64 bits per heavy atom. The average Bonchev–Trinajstić information content (AvgIpc) is 4.28. The number of pyridine rings is 1. The van der Waals surface area contributed by atoms with E-state index < -0.39 is 125 Å². The lowest BCUT2D eigenvalue weighted by Gasteiger charge is -2.49. The molecule has 6 rings (SSSR count). The van der Waals surface area contributed by atoms with Gasteiger partial charge >= 0.3 is 17.9 Å². The molecule has 4 aliphatic rings. The number of carbonyl (C=O) groups excluding carboxylic acids is 2. The van der Waals surface area contributed by atoms with E-state index in [9.17, 15) is 44.7 Å². The first-order chi connectivity index (χ1) is 37.4. The fourth-order valence-corrected chi connectivity index (χ4v) is 12.3. The second-order valence-corrected chi connectivity index (χ2v) is 23.9. The first kappa shape index (κ1) is 65.0. The van der Waals surface area contributed by atoms with Gasteiger partial charge in [-0.2, -0.15) is 0 Å². The van der Waals surface area contributed by atoms with Crippen LogP contribution in [0.1, 0.15) is 131 Å². The molecule has 0 amide bonds. The molecule has 80 heavy (non-hydrogen) atoms. The van der Waals surface area contributed by atoms with Gasteiger partial charge < -0.3 is 87.8 Å². The molecule has 23 heteroatoms. The van der Waals surface area contributed by atoms with Crippen LogP contribution < -0.4 is 15.5 Å². The van der Waals surface area contributed by atoms with Gasteiger partial charge in [0.25, 0.3) is 0 Å². The van der Waals surface area contributed by atoms with E-state index in [1.165, 1.54) is 27.3 Å². The second kappa shape index (κ2) is 26.6. The van der Waals surface area contributed by atoms with E-state index in [4.69, 9.17) is 42.6 Å². The molecule has 18 atom stereocenters. The van der Waals surface area contributed by atoms with Gasteiger partial charge in [0, 0.05) is 56.9 Å². The molecule has 4 fully saturated rings. The molecule has 22 nitrogen and oxygen atoms in total. The zero-order chi connectivity index (χ0) is 59.5. The Hall–Kier alpha value is -4.11. The molecule has 0 radical (unpaired) electrons. The van der Waals surface area contributed by atoms with Crippen molar-refractivity contribution in [2.45, 2.75) is 211 Å². The van der Waals surface area contributed by atoms with Crippen LogP contribution in [0.25, 0.3) is 10.9 Å². The monoisotopic (exact) mass is 1140 g/mol. The number of benzene rings is 1. The Kier molecular flexibility index (Phi) is 21.7. The first-order valence-corrected chi connectivity index (χ1v) is 28.2. The van der Waals surface area contributed by atoms with Crippen molar-refractivity contribution in [1.29, 1.82) is 0 Å². The van der Waals surface area contributed by atoms with Crippen molar-refractivity contribution in [2.24, 2.45) is 17.8 Å². The predicted octanol–water partition coefficient (Wildman–Crippen LogP) is 4.47. The Balaban J connectivity index is 1.18. The molecule has 3 saturated heterocycles. The zero-order valence-electron chi connectivity index (χ0n) is 49.4. The molecule has 2 aromatic rings. The summed E-state index contributed by atoms with van der Waals surface area (Å²) in [4.78, 5) is 56.9. The Morgan fingerprint density at radius 1 is 0.963 bits per heavy atom. The molecular weight excluding hydrogens is 1050 g/mol. The van der Waals surface area contributed by atoms with Gasteiger partial charge in [-0.05, 0) is 114 Å². The summed E-state index contributed by atoms with van der Waals surface area (Å²) < 4.78 is 73.3. The van der Waals surface area contributed by atoms with E-state index in [-0.39, 0.29) is 91.9 Å². The Bertz CT molecular complexity index is 2510. The van der Waals surface area contributed by atoms with Crippen molar-refractivity contribution in [3.05, 3.63) is 33.9 Å². The minimum absolute atomic E-state index is 0.0145. The summed E-state index contributed by atoms with van der Waals surface area (Å²) in [5.74, 6) is -5.81. The molecular formula is C57H91FN4O18. The van der Waals surface area contributed by atoms with Gasteiger partial charge in [0.2, 0.25) is 5.43 Å². The van der Waals surface area contributed by atoms with Crippen LogP contribution >= 0.6 is 0 Å². The van der Waals surface area contributed by atoms with Crippen LogP contribution in [0.3, 0.4) is 0 Å². The summed E-state index contributed by atoms with van der Waals surface area (Å²) in [7, 11) is 8.33. The van der Waals surface area contributed by atoms with E-state index >= 15 is 4.39 Å². The van der Waals surface area contributed by atoms with Gasteiger partial charge in [0.05, 0.1) is 73.6 Å². The number of aliphatic hydroxyl groups excluding tert-OH is 2. The van der Waals surface area contributed by atoms with Crippen molar-refractivity contribution in [2.75, 3.05) is 67.0 Å². The van der Waals surface area contributed by atoms with Gasteiger partial charge in [0.1, 0.15) is 40.8 Å². The number of esters is 2. The van der Waals surface area contributed by atoms with Crippen molar-refractivity contribution in [1.82, 2.24) is 14.4 Å². The van der Waals surface area contributed by atoms with Crippen LogP contribution in [0.4, 0.5) is 10.1 Å². The standard InChI is InChI=1S/C57H91FN4O18/c1-16-40-57(10,71)49(66)33(6)61(13)27-29(2)25-55(8,70)50(80-54-46(65)39(60(11)12)23-30(3)75-54)31(4)47(32(5)53(69)77-40)79-42-26-56(9,73-15)51(34(7)76-42)78-41(63)19-21-74-22-20-59-43-38(58)24-36-44(48(43)72-14)62(35-17-18-35)28-37(45(36)64)52(67)68/h24,28-35,39-40,42,46-47,49-51,54,59,65-66,70-71H,16-23,25-27H2,1-15H3,(H,67,68)/t29-,30-,31+,32-,33-,34+,39+,40-,42+,46-,47+,49-,50-,51+,54+,55-,56-,57-/m1/s1. The summed E-state index contributed by atoms with van der Waals surface area (Å²) in [6.45, 7) is 17.7. The summed E-state index contributed by atoms with van der Waals surface area (Å²) in [5, 5.41) is 60.7. The zero-order valence-corrected chi connectivity index (χ0v) is 49.4. The number of nitrogens with zero attached hydrogens (tertiary/aromatic N) is 3. The molecule has 0 spiro atoms. The number of nitrogens with one attached hydrogen (secondary N) is 1. The average molecular weight is 1140 g/mol. The SMILES string of the molecule is CC[C@H]1OC(=O)[C@H](C)[C@@H](O[C@H]2C[C@@](C)(OC)[C@@H](OC(=O)CCOCCNc3c(F)cc4c(=O)c(C(=O)O)cn(C5CC5)c4c3OC)[C@H](C)O2)[C@H](C)[C@@H](O[C@@H]2O[C@H](C)C[C@H](N(C)C)[C@H]2O)[C@](C)(O)C[C@@H](C)CN(C)[C@H](C)[C@@H](O)[C@]1(C)O. The number of aromatic nitrogens is 1. The molecule has 1 aliphatic carbocycles. The van der Waals surface area contributed by atoms with E-state index in [0.717, 1.165) is 18.9 Å². The Morgan fingerprint density at radius 3 is 2.24 bits per heavy atom. The van der Waals surface area contributed by atoms with Crippen molar-refractivity contribution in [3.8, 4) is 5.75 Å². The number of carboxylic acid groups (broad SMARTS) is 1. The van der Waals surface area contributed by atoms with Gasteiger partial charge in [-0.3, -0.25) is 14.4 Å². The smallest absolute Gasteiger partial charge is 0.341 e. The van der Waals surface area contributed by atoms with Crippen LogP contribution in [0, 0.1) is 23.6 Å². The minimum atomic E-state index is -1.88. The van der Waals surface area contributed by atoms with Crippen LogP contribution in [0.15, 0.2) is 17.1 Å². The van der Waals surface area contributed by atoms with Gasteiger partial charge in [-0.25, -0.2) is 9.18 Å². The number of rotatable bonds is 18. The molecule has 6 N–H and O–H groups in total. The van der Waals surface area contributed by atoms with E-state index in [1.54, 1.807) is 53.0 Å². The number of anilines is 1. The lowest BCUT2D eigenvalue weighted by molar-refractivity contribution is -0.318. The van der Waals surface area contributed by atoms with Crippen LogP contribution in [0.5, 0.6) is 5.75 Å². The quantitative estimate of drug-likeness (QED) is 0.0888. The highest BCUT2D eigenvalue weighted by Gasteiger charge is 2.54. The molecule has 1 aromatic carbocycles. The maximum Gasteiger partial charge on any atom is 0.341 e. The van der Waals surface area contributed by atoms with Crippen molar-refractivity contribution in [3.63, 3.8) is 0 Å². The Labute approximate surface area is 469 Å². The number of carbonyl (C=O) groups is 3. The topological polar surface area (TPSA) is 276 Å². The fraction of sp³-hybridized carbons (Fsp3) is 0.789. The van der Waals surface area contributed by atoms with Crippen LogP contribution in [-0.4, -0.2) is 210 Å². The van der Waals surface area contributed by atoms with Crippen LogP contribution in [0.2, 0.25) is 0 Å². The fourth-order valence-electron chi connectivity index (χ4n) is 12.3. The number of likely N-dealkylation sites (N-methyl/N-ethyl adjacent to an activating group) is 2. The van der Waals surface area contributed by atoms with E-state index in [2.05, 4.69) is 5.32 Å². The molecule has 0 bridgehead atoms. The molecule has 4 heterocycles. The molecule has 3 aliphatic heterocycles. The summed E-state index contributed by atoms with van der Waals surface area (Å²) >= 11 is 0. The minimum Gasteiger partial charge on any atom is -0.492 e. The number of methoxy groups -OCH3 is 2. The highest BCUT2D eigenvalue weighted by atomic mass is 19.1. The number of fused-ring (bicyclic) bond motifs is 1. The molecule has 1 saturated carbocycles.